The molecule has 2 heterocycles. The average Bonchev–Trinajstić information content (AvgIpc) is 3.08. The zero-order valence-electron chi connectivity index (χ0n) is 18.4. The van der Waals surface area contributed by atoms with Gasteiger partial charge in [-0.2, -0.15) is 0 Å². The Balaban J connectivity index is 1.43. The zero-order valence-corrected chi connectivity index (χ0v) is 18.4. The van der Waals surface area contributed by atoms with Crippen LogP contribution in [-0.4, -0.2) is 58.3 Å². The summed E-state index contributed by atoms with van der Waals surface area (Å²) in [6, 6.07) is 2.64. The van der Waals surface area contributed by atoms with E-state index in [1.54, 1.807) is 4.57 Å². The van der Waals surface area contributed by atoms with Crippen molar-refractivity contribution < 1.29 is 14.3 Å². The average molecular weight is 433 g/mol. The highest BCUT2D eigenvalue weighted by molar-refractivity contribution is 5.97. The minimum Gasteiger partial charge on any atom is -0.392 e. The van der Waals surface area contributed by atoms with Crippen molar-refractivity contribution in [1.82, 2.24) is 19.8 Å². The van der Waals surface area contributed by atoms with Gasteiger partial charge in [0.05, 0.1) is 22.7 Å². The number of aliphatic hydroxyl groups excluding tert-OH is 1. The van der Waals surface area contributed by atoms with Gasteiger partial charge < -0.3 is 20.3 Å². The number of β-amino-alcohol motifs (C(OH)–C–C–N with tert-alkyl or cyclic N) is 1. The van der Waals surface area contributed by atoms with E-state index in [9.17, 15) is 19.1 Å². The fourth-order valence-corrected chi connectivity index (χ4v) is 5.26. The number of carbonyl (C=O) groups is 1. The van der Waals surface area contributed by atoms with Gasteiger partial charge in [-0.1, -0.05) is 19.8 Å². The van der Waals surface area contributed by atoms with E-state index >= 15 is 0 Å². The second-order valence-electron chi connectivity index (χ2n) is 9.35. The molecule has 0 radical (unpaired) electrons. The van der Waals surface area contributed by atoms with Crippen molar-refractivity contribution in [3.8, 4) is 0 Å². The van der Waals surface area contributed by atoms with Crippen LogP contribution in [0.1, 0.15) is 61.8 Å². The first-order valence-corrected chi connectivity index (χ1v) is 11.4. The van der Waals surface area contributed by atoms with Gasteiger partial charge >= 0.3 is 5.69 Å². The van der Waals surface area contributed by atoms with Crippen molar-refractivity contribution in [3.05, 3.63) is 34.0 Å². The maximum atomic E-state index is 14.5. The number of piperidine rings is 1. The third kappa shape index (κ3) is 4.55. The molecule has 1 aliphatic carbocycles. The monoisotopic (exact) mass is 432 g/mol. The molecule has 2 aromatic rings. The van der Waals surface area contributed by atoms with Gasteiger partial charge in [-0.25, -0.2) is 9.18 Å². The summed E-state index contributed by atoms with van der Waals surface area (Å²) < 4.78 is 16.1. The minimum atomic E-state index is -0.637. The van der Waals surface area contributed by atoms with Gasteiger partial charge in [0.25, 0.3) is 5.91 Å². The molecule has 0 bridgehead atoms. The maximum Gasteiger partial charge on any atom is 0.326 e. The van der Waals surface area contributed by atoms with Crippen LogP contribution >= 0.6 is 0 Å². The lowest BCUT2D eigenvalue weighted by atomic mass is 9.80. The van der Waals surface area contributed by atoms with E-state index in [-0.39, 0.29) is 23.4 Å². The topological polar surface area (TPSA) is 90.4 Å². The second-order valence-corrected chi connectivity index (χ2v) is 9.35. The first kappa shape index (κ1) is 22.0. The fraction of sp³-hybridized carbons (Fsp3) is 0.652. The number of H-pyrrole nitrogens is 1. The number of aliphatic hydroxyl groups is 1. The van der Waals surface area contributed by atoms with E-state index < -0.39 is 11.7 Å². The summed E-state index contributed by atoms with van der Waals surface area (Å²) in [5.41, 5.74) is 0.599. The number of hydrogen-bond donors (Lipinski definition) is 3. The highest BCUT2D eigenvalue weighted by Gasteiger charge is 2.29. The van der Waals surface area contributed by atoms with Crippen molar-refractivity contribution in [2.24, 2.45) is 11.8 Å². The zero-order chi connectivity index (χ0) is 22.1. The van der Waals surface area contributed by atoms with Gasteiger partial charge in [0.15, 0.2) is 0 Å². The molecular formula is C23H33FN4O3. The number of aromatic amines is 1. The van der Waals surface area contributed by atoms with Crippen LogP contribution in [0.4, 0.5) is 4.39 Å². The highest BCUT2D eigenvalue weighted by Crippen LogP contribution is 2.32. The molecule has 1 atom stereocenters. The van der Waals surface area contributed by atoms with Crippen LogP contribution in [0.2, 0.25) is 0 Å². The molecule has 31 heavy (non-hydrogen) atoms. The summed E-state index contributed by atoms with van der Waals surface area (Å²) in [4.78, 5) is 29.5. The molecule has 8 heteroatoms. The van der Waals surface area contributed by atoms with Crippen molar-refractivity contribution in [2.45, 2.75) is 57.6 Å². The predicted octanol–water partition coefficient (Wildman–Crippen LogP) is 2.65. The Morgan fingerprint density at radius 1 is 1.23 bits per heavy atom. The number of nitrogens with zero attached hydrogens (tertiary/aromatic N) is 2. The van der Waals surface area contributed by atoms with Crippen molar-refractivity contribution in [2.75, 3.05) is 26.7 Å². The van der Waals surface area contributed by atoms with Crippen LogP contribution in [0, 0.1) is 17.7 Å². The van der Waals surface area contributed by atoms with E-state index in [0.29, 0.717) is 23.5 Å². The number of rotatable bonds is 5. The molecule has 1 aliphatic heterocycles. The molecule has 3 N–H and O–H groups in total. The Hall–Kier alpha value is -2.19. The molecule has 170 valence electrons. The lowest BCUT2D eigenvalue weighted by molar-refractivity contribution is 0.0321. The Morgan fingerprint density at radius 2 is 1.90 bits per heavy atom. The lowest BCUT2D eigenvalue weighted by Crippen LogP contribution is -2.43. The first-order valence-electron chi connectivity index (χ1n) is 11.4. The van der Waals surface area contributed by atoms with Gasteiger partial charge in [-0.05, 0) is 43.6 Å². The number of halogens is 1. The third-order valence-electron chi connectivity index (χ3n) is 7.25. The number of aromatic nitrogens is 2. The summed E-state index contributed by atoms with van der Waals surface area (Å²) in [5, 5.41) is 13.1. The van der Waals surface area contributed by atoms with E-state index in [1.165, 1.54) is 32.0 Å². The fourth-order valence-electron chi connectivity index (χ4n) is 5.26. The van der Waals surface area contributed by atoms with Crippen LogP contribution in [0.3, 0.4) is 0 Å². The van der Waals surface area contributed by atoms with E-state index in [0.717, 1.165) is 44.7 Å². The van der Waals surface area contributed by atoms with Crippen LogP contribution in [0.15, 0.2) is 16.9 Å². The number of nitrogens with one attached hydrogen (secondary N) is 2. The van der Waals surface area contributed by atoms with Gasteiger partial charge in [-0.15, -0.1) is 0 Å². The van der Waals surface area contributed by atoms with Crippen molar-refractivity contribution in [1.29, 1.82) is 0 Å². The lowest BCUT2D eigenvalue weighted by Gasteiger charge is -2.36. The summed E-state index contributed by atoms with van der Waals surface area (Å²) in [5.74, 6) is 0.00264. The molecular weight excluding hydrogens is 399 g/mol. The first-order chi connectivity index (χ1) is 14.9. The van der Waals surface area contributed by atoms with Crippen LogP contribution in [-0.2, 0) is 0 Å². The molecule has 1 saturated carbocycles. The standard InChI is InChI=1S/C23H33FN4O3/c1-14-3-5-15(6-4-14)21(29)13-27-9-7-16(8-10-27)28-20-12-18(24)17(22(30)25-2)11-19(20)26-23(28)31/h11-12,14-16,21,29H,3-10,13H2,1-2H3,(H,25,30)(H,26,31). The Morgan fingerprint density at radius 3 is 2.55 bits per heavy atom. The van der Waals surface area contributed by atoms with Gasteiger partial charge in [-0.3, -0.25) is 9.36 Å². The Labute approximate surface area is 181 Å². The maximum absolute atomic E-state index is 14.5. The second kappa shape index (κ2) is 9.12. The quantitative estimate of drug-likeness (QED) is 0.678. The van der Waals surface area contributed by atoms with Crippen molar-refractivity contribution >= 4 is 16.9 Å². The Bertz CT molecular complexity index is 985. The van der Waals surface area contributed by atoms with Gasteiger partial charge in [0.2, 0.25) is 0 Å². The normalized spacial score (nSPS) is 24.4. The minimum absolute atomic E-state index is 0.0320. The van der Waals surface area contributed by atoms with E-state index in [4.69, 9.17) is 0 Å². The Kier molecular flexibility index (Phi) is 6.48. The number of carbonyl (C=O) groups excluding carboxylic acids is 1. The molecule has 1 aromatic heterocycles. The van der Waals surface area contributed by atoms with Gasteiger partial charge in [0, 0.05) is 38.8 Å². The number of likely N-dealkylation sites (tertiary alicyclic amines) is 1. The summed E-state index contributed by atoms with van der Waals surface area (Å²) in [6.07, 6.45) is 5.84. The molecule has 1 saturated heterocycles. The summed E-state index contributed by atoms with van der Waals surface area (Å²) >= 11 is 0. The van der Waals surface area contributed by atoms with Crippen molar-refractivity contribution in [3.63, 3.8) is 0 Å². The van der Waals surface area contributed by atoms with Crippen LogP contribution < -0.4 is 11.0 Å². The van der Waals surface area contributed by atoms with Gasteiger partial charge in [0.1, 0.15) is 5.82 Å². The SMILES string of the molecule is CNC(=O)c1cc2[nH]c(=O)n(C3CCN(CC(O)C4CCC(C)CC4)CC3)c2cc1F. The smallest absolute Gasteiger partial charge is 0.326 e. The molecule has 7 nitrogen and oxygen atoms in total. The molecule has 1 aromatic carbocycles. The summed E-state index contributed by atoms with van der Waals surface area (Å²) in [6.45, 7) is 4.55. The van der Waals surface area contributed by atoms with Crippen LogP contribution in [0.25, 0.3) is 11.0 Å². The highest BCUT2D eigenvalue weighted by atomic mass is 19.1. The summed E-state index contributed by atoms with van der Waals surface area (Å²) in [7, 11) is 1.44. The van der Waals surface area contributed by atoms with E-state index in [2.05, 4.69) is 22.1 Å². The number of amides is 1. The molecule has 1 amide bonds. The number of imidazole rings is 1. The van der Waals surface area contributed by atoms with E-state index in [1.807, 2.05) is 0 Å². The largest absolute Gasteiger partial charge is 0.392 e. The molecule has 0 spiro atoms. The molecule has 2 aliphatic rings. The predicted molar refractivity (Wildman–Crippen MR) is 118 cm³/mol. The number of fused-ring (bicyclic) bond motifs is 1. The molecule has 4 rings (SSSR count). The molecule has 1 unspecified atom stereocenters. The molecule has 2 fully saturated rings. The third-order valence-corrected chi connectivity index (χ3v) is 7.25. The number of hydrogen-bond acceptors (Lipinski definition) is 4. The number of benzene rings is 1. The van der Waals surface area contributed by atoms with Crippen LogP contribution in [0.5, 0.6) is 0 Å².